The predicted octanol–water partition coefficient (Wildman–Crippen LogP) is 2.42. The van der Waals surface area contributed by atoms with Crippen molar-refractivity contribution in [3.05, 3.63) is 33.6 Å². The minimum absolute atomic E-state index is 0.0183. The van der Waals surface area contributed by atoms with Gasteiger partial charge < -0.3 is 5.11 Å². The zero-order valence-electron chi connectivity index (χ0n) is 10.5. The first-order valence-corrected chi connectivity index (χ1v) is 5.64. The molecule has 0 aliphatic rings. The maximum atomic E-state index is 11.0. The number of aromatic nitrogens is 1. The first-order valence-electron chi connectivity index (χ1n) is 5.64. The summed E-state index contributed by atoms with van der Waals surface area (Å²) in [7, 11) is 0. The van der Waals surface area contributed by atoms with E-state index < -0.39 is 11.0 Å². The molecule has 0 saturated carbocycles. The highest BCUT2D eigenvalue weighted by Gasteiger charge is 2.29. The lowest BCUT2D eigenvalue weighted by atomic mass is 9.87. The van der Waals surface area contributed by atoms with Crippen molar-refractivity contribution in [1.82, 2.24) is 4.98 Å². The van der Waals surface area contributed by atoms with Gasteiger partial charge in [-0.05, 0) is 25.8 Å². The summed E-state index contributed by atoms with van der Waals surface area (Å²) in [6.07, 6.45) is -0.664. The molecule has 0 radical (unpaired) electrons. The number of aliphatic hydroxyl groups excluding tert-OH is 1. The van der Waals surface area contributed by atoms with Crippen molar-refractivity contribution < 1.29 is 10.0 Å². The molecule has 1 rings (SSSR count). The molecule has 5 nitrogen and oxygen atoms in total. The second-order valence-electron chi connectivity index (χ2n) is 4.62. The average molecular weight is 238 g/mol. The van der Waals surface area contributed by atoms with E-state index in [0.717, 1.165) is 5.69 Å². The Hall–Kier alpha value is -1.49. The van der Waals surface area contributed by atoms with Crippen LogP contribution in [0.25, 0.3) is 0 Å². The van der Waals surface area contributed by atoms with Gasteiger partial charge in [0.05, 0.1) is 11.0 Å². The second-order valence-corrected chi connectivity index (χ2v) is 4.62. The third kappa shape index (κ3) is 3.00. The molecule has 0 amide bonds. The molecule has 2 unspecified atom stereocenters. The van der Waals surface area contributed by atoms with Gasteiger partial charge in [-0.2, -0.15) is 0 Å². The van der Waals surface area contributed by atoms with Crippen LogP contribution in [-0.2, 0) is 0 Å². The summed E-state index contributed by atoms with van der Waals surface area (Å²) in [4.78, 5) is 14.8. The zero-order valence-corrected chi connectivity index (χ0v) is 10.5. The highest BCUT2D eigenvalue weighted by molar-refractivity contribution is 5.39. The minimum atomic E-state index is -0.664. The summed E-state index contributed by atoms with van der Waals surface area (Å²) in [6, 6.07) is 3.07. The topological polar surface area (TPSA) is 76.3 Å². The second kappa shape index (κ2) is 5.23. The predicted molar refractivity (Wildman–Crippen MR) is 64.9 cm³/mol. The van der Waals surface area contributed by atoms with Crippen LogP contribution in [0, 0.1) is 23.0 Å². The van der Waals surface area contributed by atoms with E-state index in [1.54, 1.807) is 19.9 Å². The number of nitro groups is 1. The highest BCUT2D eigenvalue weighted by atomic mass is 16.6. The van der Waals surface area contributed by atoms with Gasteiger partial charge >= 0.3 is 0 Å². The molecular weight excluding hydrogens is 220 g/mol. The van der Waals surface area contributed by atoms with Gasteiger partial charge in [-0.15, -0.1) is 0 Å². The Kier molecular flexibility index (Phi) is 4.17. The van der Waals surface area contributed by atoms with Crippen molar-refractivity contribution in [3.8, 4) is 0 Å². The molecule has 0 fully saturated rings. The van der Waals surface area contributed by atoms with Crippen molar-refractivity contribution in [2.75, 3.05) is 0 Å². The Bertz CT molecular complexity index is 408. The van der Waals surface area contributed by atoms with Crippen molar-refractivity contribution in [3.63, 3.8) is 0 Å². The van der Waals surface area contributed by atoms with E-state index in [-0.39, 0.29) is 17.5 Å². The normalized spacial score (nSPS) is 14.7. The Labute approximate surface area is 101 Å². The Balaban J connectivity index is 3.34. The lowest BCUT2D eigenvalue weighted by Gasteiger charge is -2.23. The number of pyridine rings is 1. The van der Waals surface area contributed by atoms with Crippen LogP contribution < -0.4 is 0 Å². The summed E-state index contributed by atoms with van der Waals surface area (Å²) >= 11 is 0. The number of aliphatic hydroxyl groups is 1. The van der Waals surface area contributed by atoms with E-state index >= 15 is 0 Å². The van der Waals surface area contributed by atoms with Crippen LogP contribution in [0.1, 0.15) is 38.1 Å². The number of hydrogen-bond acceptors (Lipinski definition) is 4. The van der Waals surface area contributed by atoms with Crippen LogP contribution in [0.5, 0.6) is 0 Å². The van der Waals surface area contributed by atoms with Crippen molar-refractivity contribution >= 4 is 5.69 Å². The molecule has 0 aromatic carbocycles. The number of aryl methyl sites for hydroxylation is 1. The molecule has 1 heterocycles. The molecule has 1 aromatic heterocycles. The monoisotopic (exact) mass is 238 g/mol. The van der Waals surface area contributed by atoms with E-state index in [2.05, 4.69) is 4.98 Å². The fourth-order valence-corrected chi connectivity index (χ4v) is 2.07. The number of rotatable bonds is 4. The quantitative estimate of drug-likeness (QED) is 0.645. The Morgan fingerprint density at radius 2 is 1.94 bits per heavy atom. The third-order valence-electron chi connectivity index (χ3n) is 2.79. The van der Waals surface area contributed by atoms with Crippen LogP contribution in [0.15, 0.2) is 12.1 Å². The van der Waals surface area contributed by atoms with Crippen LogP contribution in [0.3, 0.4) is 0 Å². The molecule has 1 aromatic rings. The number of hydrogen-bond donors (Lipinski definition) is 1. The van der Waals surface area contributed by atoms with E-state index in [9.17, 15) is 15.2 Å². The molecule has 2 atom stereocenters. The maximum Gasteiger partial charge on any atom is 0.291 e. The van der Waals surface area contributed by atoms with Crippen LogP contribution in [0.2, 0.25) is 0 Å². The molecule has 0 bridgehead atoms. The molecule has 0 aliphatic heterocycles. The van der Waals surface area contributed by atoms with Gasteiger partial charge in [0.2, 0.25) is 0 Å². The average Bonchev–Trinajstić information content (AvgIpc) is 2.15. The Morgan fingerprint density at radius 3 is 2.35 bits per heavy atom. The first-order chi connectivity index (χ1) is 7.84. The van der Waals surface area contributed by atoms with Crippen molar-refractivity contribution in [2.45, 2.75) is 39.7 Å². The molecule has 0 saturated heterocycles. The third-order valence-corrected chi connectivity index (χ3v) is 2.79. The summed E-state index contributed by atoms with van der Waals surface area (Å²) in [5, 5.41) is 20.7. The maximum absolute atomic E-state index is 11.0. The van der Waals surface area contributed by atoms with Crippen LogP contribution >= 0.6 is 0 Å². The highest BCUT2D eigenvalue weighted by Crippen LogP contribution is 2.32. The molecule has 0 aliphatic carbocycles. The smallest absolute Gasteiger partial charge is 0.291 e. The molecule has 5 heteroatoms. The molecule has 1 N–H and O–H groups in total. The van der Waals surface area contributed by atoms with Gasteiger partial charge in [0, 0.05) is 17.7 Å². The fraction of sp³-hybridized carbons (Fsp3) is 0.583. The van der Waals surface area contributed by atoms with Crippen LogP contribution in [0.4, 0.5) is 5.69 Å². The molecule has 94 valence electrons. The standard InChI is InChI=1S/C12H18N2O3/c1-7(2)11(9(4)15)12-10(14(16)17)6-5-8(3)13-12/h5-7,9,11,15H,1-4H3. The summed E-state index contributed by atoms with van der Waals surface area (Å²) in [5.41, 5.74) is 1.08. The van der Waals surface area contributed by atoms with E-state index in [0.29, 0.717) is 5.69 Å². The van der Waals surface area contributed by atoms with Gasteiger partial charge in [-0.3, -0.25) is 15.1 Å². The largest absolute Gasteiger partial charge is 0.393 e. The van der Waals surface area contributed by atoms with Crippen molar-refractivity contribution in [1.29, 1.82) is 0 Å². The van der Waals surface area contributed by atoms with E-state index in [1.807, 2.05) is 13.8 Å². The van der Waals surface area contributed by atoms with Gasteiger partial charge in [0.25, 0.3) is 5.69 Å². The van der Waals surface area contributed by atoms with Crippen LogP contribution in [-0.4, -0.2) is 21.1 Å². The van der Waals surface area contributed by atoms with E-state index in [4.69, 9.17) is 0 Å². The van der Waals surface area contributed by atoms with Crippen molar-refractivity contribution in [2.24, 2.45) is 5.92 Å². The first kappa shape index (κ1) is 13.6. The molecular formula is C12H18N2O3. The molecule has 17 heavy (non-hydrogen) atoms. The SMILES string of the molecule is Cc1ccc([N+](=O)[O-])c(C(C(C)C)C(C)O)n1. The minimum Gasteiger partial charge on any atom is -0.393 e. The van der Waals surface area contributed by atoms with Gasteiger partial charge in [0.15, 0.2) is 0 Å². The van der Waals surface area contributed by atoms with E-state index in [1.165, 1.54) is 6.07 Å². The summed E-state index contributed by atoms with van der Waals surface area (Å²) in [5.74, 6) is -0.238. The molecule has 0 spiro atoms. The lowest BCUT2D eigenvalue weighted by Crippen LogP contribution is -2.22. The van der Waals surface area contributed by atoms with Gasteiger partial charge in [0.1, 0.15) is 5.69 Å². The lowest BCUT2D eigenvalue weighted by molar-refractivity contribution is -0.386. The van der Waals surface area contributed by atoms with Gasteiger partial charge in [-0.25, -0.2) is 0 Å². The Morgan fingerprint density at radius 1 is 1.35 bits per heavy atom. The fourth-order valence-electron chi connectivity index (χ4n) is 2.07. The van der Waals surface area contributed by atoms with Gasteiger partial charge in [-0.1, -0.05) is 13.8 Å². The zero-order chi connectivity index (χ0) is 13.2. The summed E-state index contributed by atoms with van der Waals surface area (Å²) in [6.45, 7) is 7.27. The summed E-state index contributed by atoms with van der Waals surface area (Å²) < 4.78 is 0. The number of nitrogens with zero attached hydrogens (tertiary/aromatic N) is 2.